The summed E-state index contributed by atoms with van der Waals surface area (Å²) in [5, 5.41) is 12.7. The fourth-order valence-corrected chi connectivity index (χ4v) is 5.35. The van der Waals surface area contributed by atoms with E-state index < -0.39 is 32.9 Å². The van der Waals surface area contributed by atoms with E-state index in [1.807, 2.05) is 4.72 Å². The van der Waals surface area contributed by atoms with Crippen molar-refractivity contribution in [3.05, 3.63) is 40.2 Å². The molecule has 1 aromatic rings. The summed E-state index contributed by atoms with van der Waals surface area (Å²) in [5.74, 6) is -0.890. The lowest BCUT2D eigenvalue weighted by molar-refractivity contribution is -0.119. The van der Waals surface area contributed by atoms with E-state index in [0.717, 1.165) is 55.9 Å². The van der Waals surface area contributed by atoms with Crippen LogP contribution in [0.5, 0.6) is 0 Å². The molecule has 1 aromatic carbocycles. The normalized spacial score (nSPS) is 20.7. The van der Waals surface area contributed by atoms with Gasteiger partial charge in [0.25, 0.3) is 15.5 Å². The van der Waals surface area contributed by atoms with Gasteiger partial charge in [0.2, 0.25) is 5.78 Å². The molecule has 156 valence electrons. The minimum atomic E-state index is -4.45. The molecular formula is C20H24N2O6S. The second kappa shape index (κ2) is 6.84. The first-order valence-electron chi connectivity index (χ1n) is 9.70. The molecule has 0 bridgehead atoms. The van der Waals surface area contributed by atoms with Crippen LogP contribution in [0.4, 0.5) is 10.5 Å². The molecule has 2 aliphatic carbocycles. The number of ether oxygens (including phenoxy) is 1. The number of amides is 2. The van der Waals surface area contributed by atoms with Gasteiger partial charge in [-0.15, -0.1) is 0 Å². The Morgan fingerprint density at radius 2 is 1.72 bits per heavy atom. The van der Waals surface area contributed by atoms with Crippen LogP contribution in [0, 0.1) is 0 Å². The average molecular weight is 420 g/mol. The molecule has 1 atom stereocenters. The Morgan fingerprint density at radius 3 is 2.24 bits per heavy atom. The smallest absolute Gasteiger partial charge is 0.332 e. The molecule has 2 amide bonds. The summed E-state index contributed by atoms with van der Waals surface area (Å²) in [5.41, 5.74) is 1.64. The maximum absolute atomic E-state index is 12.6. The lowest BCUT2D eigenvalue weighted by Crippen LogP contribution is -2.44. The molecule has 3 N–H and O–H groups in total. The number of anilines is 1. The number of benzene rings is 1. The van der Waals surface area contributed by atoms with E-state index in [-0.39, 0.29) is 5.57 Å². The molecule has 4 rings (SSSR count). The fraction of sp³-hybridized carbons (Fsp3) is 0.500. The summed E-state index contributed by atoms with van der Waals surface area (Å²) in [4.78, 5) is 24.9. The van der Waals surface area contributed by atoms with Crippen molar-refractivity contribution in [1.29, 1.82) is 0 Å². The molecule has 0 aromatic heterocycles. The van der Waals surface area contributed by atoms with Gasteiger partial charge in [0.15, 0.2) is 0 Å². The van der Waals surface area contributed by atoms with Crippen molar-refractivity contribution in [2.24, 2.45) is 0 Å². The summed E-state index contributed by atoms with van der Waals surface area (Å²) in [6.45, 7) is 2.71. The molecule has 0 saturated heterocycles. The summed E-state index contributed by atoms with van der Waals surface area (Å²) in [6.07, 6.45) is 6.52. The lowest BCUT2D eigenvalue weighted by Gasteiger charge is -2.18. The zero-order chi connectivity index (χ0) is 21.0. The molecule has 1 aliphatic heterocycles. The van der Waals surface area contributed by atoms with Crippen LogP contribution in [0.25, 0.3) is 0 Å². The molecule has 0 saturated carbocycles. The summed E-state index contributed by atoms with van der Waals surface area (Å²) >= 11 is 0. The first-order chi connectivity index (χ1) is 13.6. The number of aryl methyl sites for hydroxylation is 2. The molecular weight excluding hydrogens is 396 g/mol. The van der Waals surface area contributed by atoms with E-state index in [2.05, 4.69) is 11.4 Å². The Morgan fingerprint density at radius 1 is 1.14 bits per heavy atom. The highest BCUT2D eigenvalue weighted by molar-refractivity contribution is 7.91. The van der Waals surface area contributed by atoms with E-state index in [0.29, 0.717) is 5.69 Å². The third-order valence-electron chi connectivity index (χ3n) is 5.68. The van der Waals surface area contributed by atoms with Gasteiger partial charge in [-0.3, -0.25) is 4.79 Å². The van der Waals surface area contributed by atoms with Gasteiger partial charge in [-0.25, -0.2) is 17.9 Å². The number of Topliss-reactive ketones (excluding diaryl/α,β-unsaturated/α-hetero) is 1. The molecule has 9 heteroatoms. The van der Waals surface area contributed by atoms with Crippen LogP contribution in [0.15, 0.2) is 17.9 Å². The van der Waals surface area contributed by atoms with Gasteiger partial charge >= 0.3 is 6.03 Å². The average Bonchev–Trinajstić information content (AvgIpc) is 3.31. The van der Waals surface area contributed by atoms with Crippen LogP contribution in [0.3, 0.4) is 0 Å². The number of carbonyl (C=O) groups is 2. The number of sulfonamides is 1. The summed E-state index contributed by atoms with van der Waals surface area (Å²) < 4.78 is 32.0. The predicted octanol–water partition coefficient (Wildman–Crippen LogP) is 1.70. The van der Waals surface area contributed by atoms with Crippen molar-refractivity contribution >= 4 is 27.5 Å². The van der Waals surface area contributed by atoms with Crippen molar-refractivity contribution in [2.45, 2.75) is 63.4 Å². The highest BCUT2D eigenvalue weighted by Gasteiger charge is 2.45. The number of hydrogen-bond acceptors (Lipinski definition) is 6. The van der Waals surface area contributed by atoms with Gasteiger partial charge in [-0.1, -0.05) is 6.07 Å². The predicted molar refractivity (Wildman–Crippen MR) is 106 cm³/mol. The number of ketones is 1. The lowest BCUT2D eigenvalue weighted by atomic mass is 9.97. The van der Waals surface area contributed by atoms with Gasteiger partial charge in [0.1, 0.15) is 0 Å². The third-order valence-corrected chi connectivity index (χ3v) is 7.04. The van der Waals surface area contributed by atoms with Gasteiger partial charge in [0.05, 0.1) is 17.4 Å². The molecule has 0 spiro atoms. The van der Waals surface area contributed by atoms with Crippen LogP contribution < -0.4 is 10.0 Å². The Labute approximate surface area is 169 Å². The number of rotatable bonds is 4. The van der Waals surface area contributed by atoms with Crippen molar-refractivity contribution < 1.29 is 27.9 Å². The van der Waals surface area contributed by atoms with Crippen LogP contribution in [0.2, 0.25) is 0 Å². The first-order valence-corrected chi connectivity index (χ1v) is 11.2. The molecule has 29 heavy (non-hydrogen) atoms. The van der Waals surface area contributed by atoms with Crippen LogP contribution in [-0.2, 0) is 45.2 Å². The van der Waals surface area contributed by atoms with Crippen LogP contribution in [0.1, 0.15) is 48.9 Å². The number of nitrogens with one attached hydrogen (secondary N) is 2. The topological polar surface area (TPSA) is 122 Å². The standard InChI is InChI=1S/C20H24N2O6S/c1-20(2,25)15-10-28-18(17(15)23)29(26,27)22-19(24)21-16-13-7-3-5-11(13)9-12-6-4-8-14(12)16/h9-10,18,25H,3-8H2,1-2H3,(H2,21,22,24). The second-order valence-corrected chi connectivity index (χ2v) is 9.98. The van der Waals surface area contributed by atoms with Crippen LogP contribution in [-0.4, -0.2) is 36.4 Å². The largest absolute Gasteiger partial charge is 0.471 e. The SMILES string of the molecule is CC(C)(O)C1=COC(S(=O)(=O)NC(=O)Nc2c3c(cc4c2CCC4)CCC3)C1=O. The summed E-state index contributed by atoms with van der Waals surface area (Å²) in [6, 6.07) is 1.28. The quantitative estimate of drug-likeness (QED) is 0.682. The Balaban J connectivity index is 1.52. The number of fused-ring (bicyclic) bond motifs is 2. The minimum Gasteiger partial charge on any atom is -0.471 e. The fourth-order valence-electron chi connectivity index (χ4n) is 4.33. The van der Waals surface area contributed by atoms with Crippen molar-refractivity contribution in [1.82, 2.24) is 4.72 Å². The third kappa shape index (κ3) is 3.53. The van der Waals surface area contributed by atoms with E-state index in [9.17, 15) is 23.1 Å². The molecule has 3 aliphatic rings. The molecule has 1 heterocycles. The maximum Gasteiger partial charge on any atom is 0.332 e. The highest BCUT2D eigenvalue weighted by Crippen LogP contribution is 2.38. The Kier molecular flexibility index (Phi) is 4.70. The van der Waals surface area contributed by atoms with Gasteiger partial charge < -0.3 is 15.2 Å². The van der Waals surface area contributed by atoms with Crippen molar-refractivity contribution in [3.8, 4) is 0 Å². The van der Waals surface area contributed by atoms with E-state index in [1.165, 1.54) is 25.0 Å². The second-order valence-electron chi connectivity index (χ2n) is 8.26. The van der Waals surface area contributed by atoms with Crippen molar-refractivity contribution in [2.75, 3.05) is 5.32 Å². The minimum absolute atomic E-state index is 0.160. The van der Waals surface area contributed by atoms with E-state index in [4.69, 9.17) is 4.74 Å². The Bertz CT molecular complexity index is 1000. The molecule has 0 radical (unpaired) electrons. The van der Waals surface area contributed by atoms with Gasteiger partial charge in [-0.2, -0.15) is 0 Å². The van der Waals surface area contributed by atoms with Gasteiger partial charge in [0, 0.05) is 5.69 Å². The van der Waals surface area contributed by atoms with Gasteiger partial charge in [-0.05, 0) is 74.6 Å². The number of urea groups is 1. The van der Waals surface area contributed by atoms with Crippen molar-refractivity contribution in [3.63, 3.8) is 0 Å². The van der Waals surface area contributed by atoms with Crippen LogP contribution >= 0.6 is 0 Å². The van der Waals surface area contributed by atoms with E-state index in [1.54, 1.807) is 0 Å². The molecule has 0 fully saturated rings. The maximum atomic E-state index is 12.6. The number of aliphatic hydroxyl groups is 1. The summed E-state index contributed by atoms with van der Waals surface area (Å²) in [7, 11) is -4.45. The first kappa shape index (κ1) is 19.9. The zero-order valence-electron chi connectivity index (χ0n) is 16.4. The zero-order valence-corrected chi connectivity index (χ0v) is 17.2. The number of hydrogen-bond donors (Lipinski definition) is 3. The van der Waals surface area contributed by atoms with E-state index >= 15 is 0 Å². The number of carbonyl (C=O) groups excluding carboxylic acids is 2. The monoisotopic (exact) mass is 420 g/mol. The Hall–Kier alpha value is -2.39. The highest BCUT2D eigenvalue weighted by atomic mass is 32.2. The molecule has 1 unspecified atom stereocenters. The molecule has 8 nitrogen and oxygen atoms in total.